The van der Waals surface area contributed by atoms with Crippen LogP contribution in [0.1, 0.15) is 45.4 Å². The minimum atomic E-state index is -0.880. The molecule has 3 rings (SSSR count). The van der Waals surface area contributed by atoms with Crippen molar-refractivity contribution in [2.45, 2.75) is 72.0 Å². The molecule has 0 saturated carbocycles. The zero-order valence-corrected chi connectivity index (χ0v) is 20.6. The van der Waals surface area contributed by atoms with Crippen LogP contribution in [-0.2, 0) is 16.1 Å². The van der Waals surface area contributed by atoms with E-state index in [9.17, 15) is 19.8 Å². The molecule has 2 aromatic rings. The molecule has 1 aromatic carbocycles. The maximum absolute atomic E-state index is 13.3. The van der Waals surface area contributed by atoms with Crippen molar-refractivity contribution in [1.29, 1.82) is 0 Å². The summed E-state index contributed by atoms with van der Waals surface area (Å²) < 4.78 is 0. The predicted octanol–water partition coefficient (Wildman–Crippen LogP) is 2.04. The summed E-state index contributed by atoms with van der Waals surface area (Å²) in [5.74, 6) is -0.601. The van der Waals surface area contributed by atoms with E-state index in [0.717, 1.165) is 21.7 Å². The monoisotopic (exact) mass is 474 g/mol. The number of hydrogen-bond donors (Lipinski definition) is 4. The Kier molecular flexibility index (Phi) is 7.89. The lowest BCUT2D eigenvalue weighted by molar-refractivity contribution is -0.143. The number of amides is 2. The summed E-state index contributed by atoms with van der Waals surface area (Å²) in [4.78, 5) is 33.1. The maximum atomic E-state index is 13.3. The number of β-amino-alcohol motifs (C(OH)–C–C–N with tert-alkyl or cyclic N) is 1. The zero-order valence-electron chi connectivity index (χ0n) is 19.8. The highest BCUT2D eigenvalue weighted by atomic mass is 32.1. The Hall–Kier alpha value is -2.33. The van der Waals surface area contributed by atoms with Crippen LogP contribution in [-0.4, -0.2) is 62.9 Å². The molecule has 0 bridgehead atoms. The first kappa shape index (κ1) is 25.3. The molecule has 2 heterocycles. The molecule has 1 aliphatic rings. The molecule has 180 valence electrons. The Balaban J connectivity index is 1.66. The van der Waals surface area contributed by atoms with Gasteiger partial charge in [0.1, 0.15) is 12.3 Å². The molecule has 9 heteroatoms. The van der Waals surface area contributed by atoms with Gasteiger partial charge in [-0.3, -0.25) is 14.9 Å². The van der Waals surface area contributed by atoms with Gasteiger partial charge in [0.05, 0.1) is 28.2 Å². The Morgan fingerprint density at radius 2 is 1.94 bits per heavy atom. The molecule has 8 nitrogen and oxygen atoms in total. The van der Waals surface area contributed by atoms with E-state index in [2.05, 4.69) is 15.6 Å². The van der Waals surface area contributed by atoms with Crippen LogP contribution in [0.25, 0.3) is 10.4 Å². The van der Waals surface area contributed by atoms with Crippen molar-refractivity contribution in [2.75, 3.05) is 6.54 Å². The number of benzene rings is 1. The summed E-state index contributed by atoms with van der Waals surface area (Å²) in [6.07, 6.45) is -1.46. The standard InChI is InChI=1S/C24H34N4O4S/c1-14-20(33-13-26-14)17-8-6-16(7-9-17)11-25-22(31)19-10-18(30)12-28(19)23(32)21(24(3,4)5)27-15(2)29/h6-9,13,15,18-19,21,27,29-30H,10-12H2,1-5H3,(H,25,31)/t15?,18-,19+,21-/m1/s1. The van der Waals surface area contributed by atoms with E-state index in [1.54, 1.807) is 18.3 Å². The third kappa shape index (κ3) is 6.17. The van der Waals surface area contributed by atoms with E-state index in [1.165, 1.54) is 4.90 Å². The van der Waals surface area contributed by atoms with Crippen molar-refractivity contribution >= 4 is 23.2 Å². The Bertz CT molecular complexity index is 968. The lowest BCUT2D eigenvalue weighted by atomic mass is 9.85. The van der Waals surface area contributed by atoms with Crippen LogP contribution in [0.15, 0.2) is 29.8 Å². The number of rotatable bonds is 7. The summed E-state index contributed by atoms with van der Waals surface area (Å²) in [5, 5.41) is 25.8. The van der Waals surface area contributed by atoms with Gasteiger partial charge in [0.15, 0.2) is 0 Å². The van der Waals surface area contributed by atoms with Gasteiger partial charge in [-0.2, -0.15) is 0 Å². The highest BCUT2D eigenvalue weighted by Gasteiger charge is 2.44. The number of aryl methyl sites for hydroxylation is 1. The fraction of sp³-hybridized carbons (Fsp3) is 0.542. The summed E-state index contributed by atoms with van der Waals surface area (Å²) in [5.41, 5.74) is 4.35. The fourth-order valence-electron chi connectivity index (χ4n) is 4.06. The molecule has 0 radical (unpaired) electrons. The first-order chi connectivity index (χ1) is 15.5. The Labute approximate surface area is 199 Å². The largest absolute Gasteiger partial charge is 0.391 e. The van der Waals surface area contributed by atoms with Crippen LogP contribution in [0.5, 0.6) is 0 Å². The van der Waals surface area contributed by atoms with Gasteiger partial charge in [0.2, 0.25) is 11.8 Å². The molecule has 2 amide bonds. The molecule has 1 fully saturated rings. The lowest BCUT2D eigenvalue weighted by Crippen LogP contribution is -2.58. The van der Waals surface area contributed by atoms with Crippen molar-refractivity contribution in [3.63, 3.8) is 0 Å². The second kappa shape index (κ2) is 10.3. The first-order valence-corrected chi connectivity index (χ1v) is 12.0. The highest BCUT2D eigenvalue weighted by Crippen LogP contribution is 2.28. The van der Waals surface area contributed by atoms with Gasteiger partial charge in [-0.25, -0.2) is 4.98 Å². The molecule has 0 aliphatic carbocycles. The molecule has 1 aliphatic heterocycles. The van der Waals surface area contributed by atoms with Crippen LogP contribution in [0, 0.1) is 12.3 Å². The number of nitrogens with zero attached hydrogens (tertiary/aromatic N) is 2. The van der Waals surface area contributed by atoms with Crippen molar-refractivity contribution in [2.24, 2.45) is 5.41 Å². The van der Waals surface area contributed by atoms with Gasteiger partial charge < -0.3 is 20.4 Å². The Morgan fingerprint density at radius 3 is 2.48 bits per heavy atom. The van der Waals surface area contributed by atoms with Crippen LogP contribution < -0.4 is 10.6 Å². The molecule has 1 aromatic heterocycles. The second-order valence-electron chi connectivity index (χ2n) is 9.72. The van der Waals surface area contributed by atoms with Crippen molar-refractivity contribution in [3.05, 3.63) is 41.0 Å². The first-order valence-electron chi connectivity index (χ1n) is 11.2. The van der Waals surface area contributed by atoms with Crippen molar-refractivity contribution in [1.82, 2.24) is 20.5 Å². The smallest absolute Gasteiger partial charge is 0.243 e. The van der Waals surface area contributed by atoms with Gasteiger partial charge in [-0.05, 0) is 30.4 Å². The van der Waals surface area contributed by atoms with Gasteiger partial charge in [0.25, 0.3) is 0 Å². The number of aliphatic hydroxyl groups is 2. The summed E-state index contributed by atoms with van der Waals surface area (Å²) in [7, 11) is 0. The number of thiazole rings is 1. The zero-order chi connectivity index (χ0) is 24.3. The molecule has 4 N–H and O–H groups in total. The number of nitrogens with one attached hydrogen (secondary N) is 2. The van der Waals surface area contributed by atoms with Crippen molar-refractivity contribution in [3.8, 4) is 10.4 Å². The Morgan fingerprint density at radius 1 is 1.27 bits per heavy atom. The molecule has 33 heavy (non-hydrogen) atoms. The number of aromatic nitrogens is 1. The van der Waals surface area contributed by atoms with Crippen LogP contribution in [0.4, 0.5) is 0 Å². The third-order valence-electron chi connectivity index (χ3n) is 5.81. The summed E-state index contributed by atoms with van der Waals surface area (Å²) in [6.45, 7) is 9.62. The quantitative estimate of drug-likeness (QED) is 0.457. The molecule has 1 saturated heterocycles. The number of carbonyl (C=O) groups is 2. The second-order valence-corrected chi connectivity index (χ2v) is 10.6. The van der Waals surface area contributed by atoms with E-state index in [0.29, 0.717) is 6.54 Å². The third-order valence-corrected chi connectivity index (χ3v) is 6.79. The maximum Gasteiger partial charge on any atom is 0.243 e. The normalized spacial score (nSPS) is 20.5. The van der Waals surface area contributed by atoms with Gasteiger partial charge in [0, 0.05) is 19.5 Å². The summed E-state index contributed by atoms with van der Waals surface area (Å²) >= 11 is 1.59. The van der Waals surface area contributed by atoms with E-state index in [-0.39, 0.29) is 24.8 Å². The van der Waals surface area contributed by atoms with E-state index >= 15 is 0 Å². The average Bonchev–Trinajstić information content (AvgIpc) is 3.35. The fourth-order valence-corrected chi connectivity index (χ4v) is 4.88. The predicted molar refractivity (Wildman–Crippen MR) is 128 cm³/mol. The molecule has 1 unspecified atom stereocenters. The number of aliphatic hydroxyl groups excluding tert-OH is 2. The number of hydrogen-bond acceptors (Lipinski definition) is 7. The summed E-state index contributed by atoms with van der Waals surface area (Å²) in [6, 6.07) is 6.49. The molecule has 4 atom stereocenters. The topological polar surface area (TPSA) is 115 Å². The van der Waals surface area contributed by atoms with Gasteiger partial charge >= 0.3 is 0 Å². The molecule has 0 spiro atoms. The minimum absolute atomic E-state index is 0.0912. The number of likely N-dealkylation sites (tertiary alicyclic amines) is 1. The van der Waals surface area contributed by atoms with Crippen LogP contribution >= 0.6 is 11.3 Å². The average molecular weight is 475 g/mol. The van der Waals surface area contributed by atoms with Crippen LogP contribution in [0.2, 0.25) is 0 Å². The van der Waals surface area contributed by atoms with Crippen LogP contribution in [0.3, 0.4) is 0 Å². The number of carbonyl (C=O) groups excluding carboxylic acids is 2. The van der Waals surface area contributed by atoms with E-state index in [4.69, 9.17) is 0 Å². The van der Waals surface area contributed by atoms with Gasteiger partial charge in [-0.1, -0.05) is 45.0 Å². The van der Waals surface area contributed by atoms with Gasteiger partial charge in [-0.15, -0.1) is 11.3 Å². The SMILES string of the molecule is Cc1ncsc1-c1ccc(CNC(=O)[C@@H]2C[C@@H](O)CN2C(=O)[C@@H](NC(C)O)C(C)(C)C)cc1. The van der Waals surface area contributed by atoms with E-state index in [1.807, 2.05) is 57.5 Å². The van der Waals surface area contributed by atoms with Crippen molar-refractivity contribution < 1.29 is 19.8 Å². The minimum Gasteiger partial charge on any atom is -0.391 e. The lowest BCUT2D eigenvalue weighted by Gasteiger charge is -2.36. The molecular formula is C24H34N4O4S. The molecular weight excluding hydrogens is 440 g/mol. The van der Waals surface area contributed by atoms with E-state index < -0.39 is 29.8 Å². The highest BCUT2D eigenvalue weighted by molar-refractivity contribution is 7.13.